The first-order valence-electron chi connectivity index (χ1n) is 7.44. The number of thiazole rings is 1. The number of rotatable bonds is 6. The third-order valence-corrected chi connectivity index (χ3v) is 4.29. The van der Waals surface area contributed by atoms with Gasteiger partial charge in [0.2, 0.25) is 0 Å². The second-order valence-electron chi connectivity index (χ2n) is 5.29. The molecule has 0 radical (unpaired) electrons. The van der Waals surface area contributed by atoms with Crippen LogP contribution in [-0.4, -0.2) is 10.8 Å². The largest absolute Gasteiger partial charge is 0.457 e. The Bertz CT molecular complexity index is 797. The average molecular weight is 323 g/mol. The molecule has 0 saturated heterocycles. The maximum atomic E-state index is 12.3. The molecular weight excluding hydrogens is 306 g/mol. The Balaban J connectivity index is 1.75. The van der Waals surface area contributed by atoms with E-state index in [1.807, 2.05) is 60.8 Å². The van der Waals surface area contributed by atoms with Crippen molar-refractivity contribution in [2.75, 3.05) is 0 Å². The van der Waals surface area contributed by atoms with Crippen molar-refractivity contribution in [3.05, 3.63) is 76.2 Å². The van der Waals surface area contributed by atoms with Crippen LogP contribution in [0.25, 0.3) is 0 Å². The number of carbonyl (C=O) groups is 1. The summed E-state index contributed by atoms with van der Waals surface area (Å²) in [5.41, 5.74) is 1.97. The zero-order valence-corrected chi connectivity index (χ0v) is 13.7. The van der Waals surface area contributed by atoms with Crippen molar-refractivity contribution in [3.63, 3.8) is 0 Å². The molecule has 0 fully saturated rings. The smallest absolute Gasteiger partial charge is 0.144 e. The number of hydrogen-bond acceptors (Lipinski definition) is 4. The van der Waals surface area contributed by atoms with Crippen molar-refractivity contribution in [1.82, 2.24) is 4.98 Å². The standard InChI is InChI=1S/C19H17NO2S/c1-14-6-2-4-8-17(14)22-18-9-5-3-7-15(18)12-16(21)13-19-20-10-11-23-19/h2-11H,12-13H2,1H3. The predicted octanol–water partition coefficient (Wildman–Crippen LogP) is 4.60. The number of ketones is 1. The summed E-state index contributed by atoms with van der Waals surface area (Å²) in [5.74, 6) is 1.68. The van der Waals surface area contributed by atoms with Crippen molar-refractivity contribution < 1.29 is 9.53 Å². The number of hydrogen-bond donors (Lipinski definition) is 0. The fraction of sp³-hybridized carbons (Fsp3) is 0.158. The molecule has 116 valence electrons. The van der Waals surface area contributed by atoms with Crippen LogP contribution in [0.1, 0.15) is 16.1 Å². The number of aromatic nitrogens is 1. The molecule has 0 spiro atoms. The zero-order chi connectivity index (χ0) is 16.1. The Morgan fingerprint density at radius 3 is 2.52 bits per heavy atom. The number of carbonyl (C=O) groups excluding carboxylic acids is 1. The number of aryl methyl sites for hydroxylation is 1. The number of nitrogens with zero attached hydrogens (tertiary/aromatic N) is 1. The third-order valence-electron chi connectivity index (χ3n) is 3.51. The van der Waals surface area contributed by atoms with Crippen LogP contribution >= 0.6 is 11.3 Å². The Morgan fingerprint density at radius 1 is 1.04 bits per heavy atom. The monoisotopic (exact) mass is 323 g/mol. The van der Waals surface area contributed by atoms with Crippen LogP contribution in [-0.2, 0) is 17.6 Å². The van der Waals surface area contributed by atoms with Crippen molar-refractivity contribution in [1.29, 1.82) is 0 Å². The van der Waals surface area contributed by atoms with Gasteiger partial charge >= 0.3 is 0 Å². The summed E-state index contributed by atoms with van der Waals surface area (Å²) < 4.78 is 6.01. The molecule has 0 atom stereocenters. The highest BCUT2D eigenvalue weighted by atomic mass is 32.1. The van der Waals surface area contributed by atoms with Crippen molar-refractivity contribution >= 4 is 17.1 Å². The van der Waals surface area contributed by atoms with E-state index in [1.165, 1.54) is 11.3 Å². The molecule has 0 saturated carbocycles. The van der Waals surface area contributed by atoms with Gasteiger partial charge in [0, 0.05) is 23.6 Å². The van der Waals surface area contributed by atoms with Gasteiger partial charge in [-0.1, -0.05) is 36.4 Å². The van der Waals surface area contributed by atoms with Gasteiger partial charge in [0.05, 0.1) is 11.4 Å². The molecule has 4 heteroatoms. The molecular formula is C19H17NO2S. The first-order valence-corrected chi connectivity index (χ1v) is 8.32. The second-order valence-corrected chi connectivity index (χ2v) is 6.27. The van der Waals surface area contributed by atoms with Crippen LogP contribution in [0.2, 0.25) is 0 Å². The summed E-state index contributed by atoms with van der Waals surface area (Å²) >= 11 is 1.51. The van der Waals surface area contributed by atoms with E-state index in [4.69, 9.17) is 4.74 Å². The first kappa shape index (κ1) is 15.4. The number of Topliss-reactive ketones (excluding diaryl/α,β-unsaturated/α-hetero) is 1. The highest BCUT2D eigenvalue weighted by Crippen LogP contribution is 2.28. The van der Waals surface area contributed by atoms with Gasteiger partial charge in [-0.05, 0) is 24.6 Å². The van der Waals surface area contributed by atoms with Crippen molar-refractivity contribution in [2.45, 2.75) is 19.8 Å². The molecule has 0 aliphatic heterocycles. The molecule has 0 bridgehead atoms. The molecule has 3 rings (SSSR count). The van der Waals surface area contributed by atoms with E-state index in [9.17, 15) is 4.79 Å². The topological polar surface area (TPSA) is 39.2 Å². The van der Waals surface area contributed by atoms with Crippen LogP contribution in [0.3, 0.4) is 0 Å². The lowest BCUT2D eigenvalue weighted by Gasteiger charge is -2.12. The minimum atomic E-state index is 0.140. The van der Waals surface area contributed by atoms with Crippen molar-refractivity contribution in [3.8, 4) is 11.5 Å². The molecule has 1 heterocycles. The van der Waals surface area contributed by atoms with E-state index in [2.05, 4.69) is 4.98 Å². The lowest BCUT2D eigenvalue weighted by molar-refractivity contribution is -0.117. The summed E-state index contributed by atoms with van der Waals surface area (Å²) in [6, 6.07) is 15.5. The summed E-state index contributed by atoms with van der Waals surface area (Å²) in [6.07, 6.45) is 2.44. The maximum Gasteiger partial charge on any atom is 0.144 e. The van der Waals surface area contributed by atoms with Gasteiger partial charge in [0.1, 0.15) is 17.3 Å². The number of benzene rings is 2. The Labute approximate surface area is 139 Å². The predicted molar refractivity (Wildman–Crippen MR) is 92.2 cm³/mol. The van der Waals surface area contributed by atoms with Gasteiger partial charge in [0.15, 0.2) is 0 Å². The average Bonchev–Trinajstić information content (AvgIpc) is 3.04. The molecule has 0 unspecified atom stereocenters. The van der Waals surface area contributed by atoms with Gasteiger partial charge in [0.25, 0.3) is 0 Å². The molecule has 23 heavy (non-hydrogen) atoms. The van der Waals surface area contributed by atoms with Gasteiger partial charge in [-0.15, -0.1) is 11.3 Å². The SMILES string of the molecule is Cc1ccccc1Oc1ccccc1CC(=O)Cc1nccs1. The van der Waals surface area contributed by atoms with E-state index in [1.54, 1.807) is 6.20 Å². The van der Waals surface area contributed by atoms with E-state index < -0.39 is 0 Å². The highest BCUT2D eigenvalue weighted by Gasteiger charge is 2.12. The quantitative estimate of drug-likeness (QED) is 0.665. The zero-order valence-electron chi connectivity index (χ0n) is 12.9. The molecule has 0 aliphatic rings. The summed E-state index contributed by atoms with van der Waals surface area (Å²) in [4.78, 5) is 16.4. The Morgan fingerprint density at radius 2 is 1.78 bits per heavy atom. The normalized spacial score (nSPS) is 10.5. The lowest BCUT2D eigenvalue weighted by Crippen LogP contribution is -2.07. The van der Waals surface area contributed by atoms with Crippen LogP contribution in [0.5, 0.6) is 11.5 Å². The molecule has 0 N–H and O–H groups in total. The van der Waals surface area contributed by atoms with Gasteiger partial charge in [-0.25, -0.2) is 4.98 Å². The molecule has 3 aromatic rings. The molecule has 1 aromatic heterocycles. The first-order chi connectivity index (χ1) is 11.2. The molecule has 0 amide bonds. The van der Waals surface area contributed by atoms with Crippen LogP contribution < -0.4 is 4.74 Å². The number of para-hydroxylation sites is 2. The van der Waals surface area contributed by atoms with Gasteiger partial charge < -0.3 is 4.74 Å². The fourth-order valence-corrected chi connectivity index (χ4v) is 2.97. The molecule has 0 aliphatic carbocycles. The fourth-order valence-electron chi connectivity index (χ4n) is 2.32. The van der Waals surface area contributed by atoms with Crippen molar-refractivity contribution in [2.24, 2.45) is 0 Å². The Hall–Kier alpha value is -2.46. The highest BCUT2D eigenvalue weighted by molar-refractivity contribution is 7.09. The maximum absolute atomic E-state index is 12.3. The Kier molecular flexibility index (Phi) is 4.83. The summed E-state index contributed by atoms with van der Waals surface area (Å²) in [7, 11) is 0. The van der Waals surface area contributed by atoms with Crippen LogP contribution in [0.15, 0.2) is 60.1 Å². The van der Waals surface area contributed by atoms with E-state index in [0.717, 1.165) is 27.6 Å². The minimum Gasteiger partial charge on any atom is -0.457 e. The molecule has 3 nitrogen and oxygen atoms in total. The number of ether oxygens (including phenoxy) is 1. The second kappa shape index (κ2) is 7.20. The summed E-state index contributed by atoms with van der Waals surface area (Å²) in [6.45, 7) is 2.01. The summed E-state index contributed by atoms with van der Waals surface area (Å²) in [5, 5.41) is 2.74. The van der Waals surface area contributed by atoms with E-state index >= 15 is 0 Å². The van der Waals surface area contributed by atoms with E-state index in [-0.39, 0.29) is 5.78 Å². The minimum absolute atomic E-state index is 0.140. The lowest BCUT2D eigenvalue weighted by atomic mass is 10.1. The van der Waals surface area contributed by atoms with E-state index in [0.29, 0.717) is 12.8 Å². The van der Waals surface area contributed by atoms with Crippen LogP contribution in [0, 0.1) is 6.92 Å². The molecule has 2 aromatic carbocycles. The van der Waals surface area contributed by atoms with Gasteiger partial charge in [-0.2, -0.15) is 0 Å². The van der Waals surface area contributed by atoms with Gasteiger partial charge in [-0.3, -0.25) is 4.79 Å². The van der Waals surface area contributed by atoms with Crippen LogP contribution in [0.4, 0.5) is 0 Å². The third kappa shape index (κ3) is 4.05.